The van der Waals surface area contributed by atoms with Crippen molar-refractivity contribution in [3.8, 4) is 6.07 Å². The van der Waals surface area contributed by atoms with Crippen LogP contribution in [0.25, 0.3) is 0 Å². The lowest BCUT2D eigenvalue weighted by atomic mass is 9.80. The van der Waals surface area contributed by atoms with Crippen LogP contribution in [0.3, 0.4) is 0 Å². The second-order valence-corrected chi connectivity index (χ2v) is 5.73. The first kappa shape index (κ1) is 15.0. The first-order chi connectivity index (χ1) is 8.50. The van der Waals surface area contributed by atoms with E-state index >= 15 is 0 Å². The summed E-state index contributed by atoms with van der Waals surface area (Å²) in [5, 5.41) is 9.34. The fourth-order valence-electron chi connectivity index (χ4n) is 2.89. The van der Waals surface area contributed by atoms with Gasteiger partial charge in [0.1, 0.15) is 5.41 Å². The van der Waals surface area contributed by atoms with E-state index in [1.165, 1.54) is 12.8 Å². The van der Waals surface area contributed by atoms with E-state index in [2.05, 4.69) is 13.0 Å². The molecule has 0 radical (unpaired) electrons. The van der Waals surface area contributed by atoms with Gasteiger partial charge in [-0.1, -0.05) is 20.8 Å². The van der Waals surface area contributed by atoms with Gasteiger partial charge in [0.05, 0.1) is 6.07 Å². The van der Waals surface area contributed by atoms with E-state index in [1.54, 1.807) is 0 Å². The monoisotopic (exact) mass is 250 g/mol. The maximum absolute atomic E-state index is 12.5. The summed E-state index contributed by atoms with van der Waals surface area (Å²) in [7, 11) is 1.88. The molecule has 1 amide bonds. The van der Waals surface area contributed by atoms with Gasteiger partial charge < -0.3 is 4.90 Å². The van der Waals surface area contributed by atoms with Crippen LogP contribution < -0.4 is 0 Å². The van der Waals surface area contributed by atoms with Gasteiger partial charge in [-0.05, 0) is 44.4 Å². The van der Waals surface area contributed by atoms with Crippen molar-refractivity contribution >= 4 is 5.91 Å². The summed E-state index contributed by atoms with van der Waals surface area (Å²) in [5.74, 6) is 0.803. The molecule has 0 atom stereocenters. The average Bonchev–Trinajstić information content (AvgIpc) is 2.41. The molecule has 1 aliphatic carbocycles. The SMILES string of the molecule is CCC(C#N)(CC)C(=O)N(C)C1CCC(C)CC1. The molecule has 1 fully saturated rings. The lowest BCUT2D eigenvalue weighted by Crippen LogP contribution is -2.46. The molecular formula is C15H26N2O. The van der Waals surface area contributed by atoms with Crippen LogP contribution in [-0.2, 0) is 4.79 Å². The highest BCUT2D eigenvalue weighted by Gasteiger charge is 2.39. The van der Waals surface area contributed by atoms with Crippen LogP contribution in [-0.4, -0.2) is 23.9 Å². The van der Waals surface area contributed by atoms with Crippen LogP contribution in [0.15, 0.2) is 0 Å². The van der Waals surface area contributed by atoms with Crippen molar-refractivity contribution in [3.05, 3.63) is 0 Å². The Labute approximate surface area is 111 Å². The van der Waals surface area contributed by atoms with Gasteiger partial charge in [0, 0.05) is 13.1 Å². The predicted octanol–water partition coefficient (Wildman–Crippen LogP) is 3.35. The molecule has 0 aliphatic heterocycles. The highest BCUT2D eigenvalue weighted by Crippen LogP contribution is 2.32. The molecule has 1 aliphatic rings. The summed E-state index contributed by atoms with van der Waals surface area (Å²) in [4.78, 5) is 14.4. The summed E-state index contributed by atoms with van der Waals surface area (Å²) in [6.07, 6.45) is 5.76. The number of carbonyl (C=O) groups excluding carboxylic acids is 1. The Hall–Kier alpha value is -1.04. The molecule has 18 heavy (non-hydrogen) atoms. The van der Waals surface area contributed by atoms with Crippen molar-refractivity contribution in [1.82, 2.24) is 4.90 Å². The molecule has 0 unspecified atom stereocenters. The maximum atomic E-state index is 12.5. The normalized spacial score (nSPS) is 24.4. The molecule has 0 saturated heterocycles. The third kappa shape index (κ3) is 2.85. The van der Waals surface area contributed by atoms with Gasteiger partial charge >= 0.3 is 0 Å². The Balaban J connectivity index is 2.74. The molecule has 0 N–H and O–H groups in total. The number of amides is 1. The zero-order valence-electron chi connectivity index (χ0n) is 12.2. The van der Waals surface area contributed by atoms with E-state index in [1.807, 2.05) is 25.8 Å². The number of nitrogens with zero attached hydrogens (tertiary/aromatic N) is 2. The van der Waals surface area contributed by atoms with E-state index in [4.69, 9.17) is 0 Å². The average molecular weight is 250 g/mol. The zero-order valence-corrected chi connectivity index (χ0v) is 12.2. The van der Waals surface area contributed by atoms with Gasteiger partial charge in [-0.15, -0.1) is 0 Å². The van der Waals surface area contributed by atoms with Crippen LogP contribution >= 0.6 is 0 Å². The van der Waals surface area contributed by atoms with Crippen LogP contribution in [0.1, 0.15) is 59.3 Å². The Morgan fingerprint density at radius 3 is 2.17 bits per heavy atom. The number of hydrogen-bond donors (Lipinski definition) is 0. The zero-order chi connectivity index (χ0) is 13.8. The van der Waals surface area contributed by atoms with Crippen molar-refractivity contribution in [2.75, 3.05) is 7.05 Å². The van der Waals surface area contributed by atoms with Crippen molar-refractivity contribution < 1.29 is 4.79 Å². The van der Waals surface area contributed by atoms with Gasteiger partial charge in [-0.2, -0.15) is 5.26 Å². The second kappa shape index (κ2) is 6.22. The first-order valence-corrected chi connectivity index (χ1v) is 7.19. The van der Waals surface area contributed by atoms with E-state index in [0.717, 1.165) is 18.8 Å². The number of hydrogen-bond acceptors (Lipinski definition) is 2. The molecule has 3 nitrogen and oxygen atoms in total. The minimum Gasteiger partial charge on any atom is -0.341 e. The van der Waals surface area contributed by atoms with Crippen LogP contribution in [0, 0.1) is 22.7 Å². The molecule has 0 bridgehead atoms. The van der Waals surface area contributed by atoms with Crippen molar-refractivity contribution in [2.24, 2.45) is 11.3 Å². The summed E-state index contributed by atoms with van der Waals surface area (Å²) in [6.45, 7) is 6.14. The molecule has 0 aromatic carbocycles. The third-order valence-electron chi connectivity index (χ3n) is 4.68. The fraction of sp³-hybridized carbons (Fsp3) is 0.867. The molecule has 0 spiro atoms. The van der Waals surface area contributed by atoms with Gasteiger partial charge in [-0.3, -0.25) is 4.79 Å². The Bertz CT molecular complexity index is 320. The smallest absolute Gasteiger partial charge is 0.243 e. The standard InChI is InChI=1S/C15H26N2O/c1-5-15(6-2,11-16)14(18)17(4)13-9-7-12(3)8-10-13/h12-13H,5-10H2,1-4H3. The number of nitriles is 1. The maximum Gasteiger partial charge on any atom is 0.243 e. The number of carbonyl (C=O) groups is 1. The van der Waals surface area contributed by atoms with E-state index < -0.39 is 5.41 Å². The first-order valence-electron chi connectivity index (χ1n) is 7.19. The Kier molecular flexibility index (Phi) is 5.19. The lowest BCUT2D eigenvalue weighted by Gasteiger charge is -2.37. The molecule has 0 aromatic heterocycles. The molecule has 1 saturated carbocycles. The molecule has 0 aromatic rings. The topological polar surface area (TPSA) is 44.1 Å². The highest BCUT2D eigenvalue weighted by atomic mass is 16.2. The molecule has 102 valence electrons. The summed E-state index contributed by atoms with van der Waals surface area (Å²) < 4.78 is 0. The number of rotatable bonds is 4. The summed E-state index contributed by atoms with van der Waals surface area (Å²) in [5.41, 5.74) is -0.808. The minimum atomic E-state index is -0.808. The fourth-order valence-corrected chi connectivity index (χ4v) is 2.89. The third-order valence-corrected chi connectivity index (χ3v) is 4.68. The van der Waals surface area contributed by atoms with Gasteiger partial charge in [0.15, 0.2) is 0 Å². The lowest BCUT2D eigenvalue weighted by molar-refractivity contribution is -0.141. The summed E-state index contributed by atoms with van der Waals surface area (Å²) >= 11 is 0. The molecular weight excluding hydrogens is 224 g/mol. The van der Waals surface area contributed by atoms with Gasteiger partial charge in [0.2, 0.25) is 5.91 Å². The highest BCUT2D eigenvalue weighted by molar-refractivity contribution is 5.85. The molecule has 0 heterocycles. The van der Waals surface area contributed by atoms with Crippen molar-refractivity contribution in [2.45, 2.75) is 65.3 Å². The van der Waals surface area contributed by atoms with Gasteiger partial charge in [-0.25, -0.2) is 0 Å². The van der Waals surface area contributed by atoms with Crippen LogP contribution in [0.2, 0.25) is 0 Å². The van der Waals surface area contributed by atoms with Gasteiger partial charge in [0.25, 0.3) is 0 Å². The Morgan fingerprint density at radius 2 is 1.78 bits per heavy atom. The second-order valence-electron chi connectivity index (χ2n) is 5.73. The Morgan fingerprint density at radius 1 is 1.28 bits per heavy atom. The summed E-state index contributed by atoms with van der Waals surface area (Å²) in [6, 6.07) is 2.59. The van der Waals surface area contributed by atoms with Crippen molar-refractivity contribution in [1.29, 1.82) is 5.26 Å². The van der Waals surface area contributed by atoms with E-state index in [9.17, 15) is 10.1 Å². The molecule has 1 rings (SSSR count). The largest absolute Gasteiger partial charge is 0.341 e. The van der Waals surface area contributed by atoms with E-state index in [0.29, 0.717) is 18.9 Å². The minimum absolute atomic E-state index is 0.0227. The quantitative estimate of drug-likeness (QED) is 0.768. The van der Waals surface area contributed by atoms with Crippen molar-refractivity contribution in [3.63, 3.8) is 0 Å². The predicted molar refractivity (Wildman–Crippen MR) is 72.8 cm³/mol. The van der Waals surface area contributed by atoms with Crippen LogP contribution in [0.5, 0.6) is 0 Å². The van der Waals surface area contributed by atoms with E-state index in [-0.39, 0.29) is 5.91 Å². The molecule has 3 heteroatoms. The van der Waals surface area contributed by atoms with Crippen LogP contribution in [0.4, 0.5) is 0 Å².